The minimum atomic E-state index is -4.38. The fourth-order valence-corrected chi connectivity index (χ4v) is 3.87. The molecule has 0 saturated heterocycles. The standard InChI is InChI=1S/C22H22F3NO5SSi/c1-33(2,3)9-8-16-5-4-15(11-21(27)28)10-20(16)31-19-7-6-18(26(29)30)12-17(19)13-32-14-22(23,24)25/h4-7,10,12H,11,13-14H2,1-3H3,(H,27,28). The van der Waals surface area contributed by atoms with E-state index in [1.165, 1.54) is 24.3 Å². The molecule has 0 amide bonds. The molecule has 0 aliphatic rings. The van der Waals surface area contributed by atoms with Crippen molar-refractivity contribution in [3.8, 4) is 23.0 Å². The van der Waals surface area contributed by atoms with Gasteiger partial charge in [0.1, 0.15) is 19.6 Å². The first-order valence-corrected chi connectivity index (χ1v) is 14.4. The third-order valence-corrected chi connectivity index (χ3v) is 5.89. The van der Waals surface area contributed by atoms with Crippen LogP contribution in [0.4, 0.5) is 18.9 Å². The van der Waals surface area contributed by atoms with E-state index in [4.69, 9.17) is 9.84 Å². The average Bonchev–Trinajstić information content (AvgIpc) is 2.66. The molecule has 0 radical (unpaired) electrons. The molecule has 1 N–H and O–H groups in total. The Labute approximate surface area is 194 Å². The zero-order valence-electron chi connectivity index (χ0n) is 18.2. The van der Waals surface area contributed by atoms with E-state index in [-0.39, 0.29) is 34.9 Å². The maximum Gasteiger partial charge on any atom is 0.397 e. The summed E-state index contributed by atoms with van der Waals surface area (Å²) in [7, 11) is -1.76. The van der Waals surface area contributed by atoms with Crippen LogP contribution in [-0.2, 0) is 17.0 Å². The van der Waals surface area contributed by atoms with Crippen LogP contribution >= 0.6 is 11.8 Å². The number of carboxylic acid groups (broad SMARTS) is 1. The average molecular weight is 498 g/mol. The zero-order valence-corrected chi connectivity index (χ0v) is 20.0. The number of nitro benzene ring substituents is 1. The van der Waals surface area contributed by atoms with Crippen LogP contribution in [-0.4, -0.2) is 36.0 Å². The van der Waals surface area contributed by atoms with E-state index in [2.05, 4.69) is 11.5 Å². The third-order valence-electron chi connectivity index (χ3n) is 3.97. The van der Waals surface area contributed by atoms with Crippen molar-refractivity contribution in [3.05, 3.63) is 63.2 Å². The maximum absolute atomic E-state index is 12.6. The van der Waals surface area contributed by atoms with Crippen LogP contribution in [0.2, 0.25) is 19.6 Å². The van der Waals surface area contributed by atoms with E-state index >= 15 is 0 Å². The van der Waals surface area contributed by atoms with Crippen molar-refractivity contribution in [3.63, 3.8) is 0 Å². The van der Waals surface area contributed by atoms with Gasteiger partial charge in [0, 0.05) is 23.4 Å². The highest BCUT2D eigenvalue weighted by Crippen LogP contribution is 2.34. The minimum absolute atomic E-state index is 0.138. The molecule has 176 valence electrons. The van der Waals surface area contributed by atoms with Gasteiger partial charge in [0.2, 0.25) is 0 Å². The van der Waals surface area contributed by atoms with Gasteiger partial charge in [0.05, 0.1) is 22.7 Å². The van der Waals surface area contributed by atoms with Gasteiger partial charge in [0.25, 0.3) is 5.69 Å². The highest BCUT2D eigenvalue weighted by molar-refractivity contribution is 7.98. The molecule has 2 aromatic rings. The van der Waals surface area contributed by atoms with Crippen LogP contribution in [0.15, 0.2) is 36.4 Å². The number of carbonyl (C=O) groups is 1. The summed E-state index contributed by atoms with van der Waals surface area (Å²) in [5.74, 6) is 1.09. The summed E-state index contributed by atoms with van der Waals surface area (Å²) in [5.41, 5.74) is 4.06. The van der Waals surface area contributed by atoms with Gasteiger partial charge >= 0.3 is 12.1 Å². The molecule has 0 bridgehead atoms. The number of hydrogen-bond donors (Lipinski definition) is 1. The summed E-state index contributed by atoms with van der Waals surface area (Å²) in [6.07, 6.45) is -4.64. The fraction of sp³-hybridized carbons (Fsp3) is 0.318. The quantitative estimate of drug-likeness (QED) is 0.207. The second-order valence-corrected chi connectivity index (χ2v) is 13.9. The number of benzene rings is 2. The number of aliphatic carboxylic acids is 1. The Morgan fingerprint density at radius 1 is 1.18 bits per heavy atom. The number of nitrogens with zero attached hydrogens (tertiary/aromatic N) is 1. The van der Waals surface area contributed by atoms with E-state index in [0.29, 0.717) is 22.9 Å². The molecule has 0 unspecified atom stereocenters. The zero-order chi connectivity index (χ0) is 24.8. The van der Waals surface area contributed by atoms with Crippen molar-refractivity contribution in [2.75, 3.05) is 5.75 Å². The van der Waals surface area contributed by atoms with Crippen molar-refractivity contribution < 1.29 is 32.7 Å². The molecule has 0 fully saturated rings. The van der Waals surface area contributed by atoms with Crippen LogP contribution in [0.25, 0.3) is 0 Å². The van der Waals surface area contributed by atoms with Gasteiger partial charge in [-0.1, -0.05) is 31.6 Å². The number of non-ortho nitro benzene ring substituents is 1. The monoisotopic (exact) mass is 497 g/mol. The van der Waals surface area contributed by atoms with Gasteiger partial charge in [-0.25, -0.2) is 0 Å². The van der Waals surface area contributed by atoms with Crippen molar-refractivity contribution in [1.29, 1.82) is 0 Å². The molecule has 33 heavy (non-hydrogen) atoms. The van der Waals surface area contributed by atoms with E-state index in [9.17, 15) is 28.1 Å². The van der Waals surface area contributed by atoms with Crippen LogP contribution in [0.1, 0.15) is 16.7 Å². The lowest BCUT2D eigenvalue weighted by Crippen LogP contribution is -2.16. The summed E-state index contributed by atoms with van der Waals surface area (Å²) < 4.78 is 43.7. The first-order valence-electron chi connectivity index (χ1n) is 9.71. The summed E-state index contributed by atoms with van der Waals surface area (Å²) in [6.45, 7) is 6.14. The summed E-state index contributed by atoms with van der Waals surface area (Å²) >= 11 is 0.560. The lowest BCUT2D eigenvalue weighted by atomic mass is 10.1. The van der Waals surface area contributed by atoms with Crippen LogP contribution in [0.5, 0.6) is 11.5 Å². The van der Waals surface area contributed by atoms with E-state index in [1.54, 1.807) is 12.1 Å². The molecule has 0 aliphatic heterocycles. The number of halogens is 3. The number of alkyl halides is 3. The molecule has 0 spiro atoms. The molecule has 0 heterocycles. The van der Waals surface area contributed by atoms with Crippen LogP contribution in [0.3, 0.4) is 0 Å². The number of nitro groups is 1. The number of ether oxygens (including phenoxy) is 1. The molecule has 0 saturated carbocycles. The maximum atomic E-state index is 12.6. The van der Waals surface area contributed by atoms with E-state index in [0.717, 1.165) is 0 Å². The van der Waals surface area contributed by atoms with Gasteiger partial charge in [0.15, 0.2) is 0 Å². The predicted octanol–water partition coefficient (Wildman–Crippen LogP) is 6.04. The normalized spacial score (nSPS) is 11.5. The van der Waals surface area contributed by atoms with Crippen LogP contribution in [0, 0.1) is 21.6 Å². The topological polar surface area (TPSA) is 89.7 Å². The predicted molar refractivity (Wildman–Crippen MR) is 123 cm³/mol. The van der Waals surface area contributed by atoms with Gasteiger partial charge in [-0.15, -0.1) is 17.3 Å². The number of thioether (sulfide) groups is 1. The molecular weight excluding hydrogens is 475 g/mol. The fourth-order valence-electron chi connectivity index (χ4n) is 2.58. The van der Waals surface area contributed by atoms with Crippen molar-refractivity contribution in [1.82, 2.24) is 0 Å². The summed E-state index contributed by atoms with van der Waals surface area (Å²) in [5, 5.41) is 20.2. The Morgan fingerprint density at radius 2 is 1.88 bits per heavy atom. The van der Waals surface area contributed by atoms with Crippen LogP contribution < -0.4 is 4.74 Å². The Balaban J connectivity index is 2.48. The molecule has 0 aliphatic carbocycles. The number of carboxylic acids is 1. The highest BCUT2D eigenvalue weighted by atomic mass is 32.2. The molecule has 0 aromatic heterocycles. The largest absolute Gasteiger partial charge is 0.481 e. The van der Waals surface area contributed by atoms with Gasteiger partial charge in [-0.05, 0) is 23.8 Å². The first kappa shape index (κ1) is 26.3. The Hall–Kier alpha value is -2.97. The molecule has 0 atom stereocenters. The summed E-state index contributed by atoms with van der Waals surface area (Å²) in [4.78, 5) is 21.6. The Kier molecular flexibility index (Phi) is 8.57. The van der Waals surface area contributed by atoms with Gasteiger partial charge in [-0.2, -0.15) is 13.2 Å². The highest BCUT2D eigenvalue weighted by Gasteiger charge is 2.27. The number of hydrogen-bond acceptors (Lipinski definition) is 5. The first-order chi connectivity index (χ1) is 15.2. The second kappa shape index (κ2) is 10.8. The molecule has 6 nitrogen and oxygen atoms in total. The summed E-state index contributed by atoms with van der Waals surface area (Å²) in [6, 6.07) is 8.45. The Morgan fingerprint density at radius 3 is 2.45 bits per heavy atom. The third kappa shape index (κ3) is 9.19. The van der Waals surface area contributed by atoms with Crippen molar-refractivity contribution >= 4 is 31.5 Å². The lowest BCUT2D eigenvalue weighted by Gasteiger charge is -2.14. The van der Waals surface area contributed by atoms with E-state index in [1.807, 2.05) is 19.6 Å². The van der Waals surface area contributed by atoms with Crippen molar-refractivity contribution in [2.24, 2.45) is 0 Å². The van der Waals surface area contributed by atoms with Gasteiger partial charge in [-0.3, -0.25) is 14.9 Å². The lowest BCUT2D eigenvalue weighted by molar-refractivity contribution is -0.384. The van der Waals surface area contributed by atoms with Crippen molar-refractivity contribution in [2.45, 2.75) is 38.0 Å². The van der Waals surface area contributed by atoms with E-state index < -0.39 is 30.9 Å². The smallest absolute Gasteiger partial charge is 0.397 e. The molecule has 2 rings (SSSR count). The Bertz CT molecular complexity index is 1100. The molecular formula is C22H22F3NO5SSi. The second-order valence-electron chi connectivity index (χ2n) is 8.16. The molecule has 11 heteroatoms. The van der Waals surface area contributed by atoms with Gasteiger partial charge < -0.3 is 9.84 Å². The SMILES string of the molecule is C[Si](C)(C)C#Cc1ccc(CC(=O)O)cc1Oc1ccc([N+](=O)[O-])cc1CSCC(F)(F)F. The minimum Gasteiger partial charge on any atom is -0.481 e. The molecule has 2 aromatic carbocycles. The number of rotatable bonds is 8.